The number of hydrogen-bond donors (Lipinski definition) is 0. The molecule has 1 unspecified atom stereocenters. The van der Waals surface area contributed by atoms with Crippen LogP contribution >= 0.6 is 0 Å². The summed E-state index contributed by atoms with van der Waals surface area (Å²) in [6, 6.07) is 9.78. The molecule has 3 heteroatoms. The summed E-state index contributed by atoms with van der Waals surface area (Å²) in [5.74, 6) is -0.161. The smallest absolute Gasteiger partial charge is 0.246 e. The lowest BCUT2D eigenvalue weighted by atomic mass is 9.88. The largest absolute Gasteiger partial charge is 0.314 e. The molecular formula is C14H18N2O. The second-order valence-electron chi connectivity index (χ2n) is 4.50. The molecule has 0 spiro atoms. The first-order valence-corrected chi connectivity index (χ1v) is 5.70. The first-order chi connectivity index (χ1) is 7.94. The summed E-state index contributed by atoms with van der Waals surface area (Å²) in [5, 5.41) is 9.10. The zero-order chi connectivity index (χ0) is 13.1. The minimum Gasteiger partial charge on any atom is -0.314 e. The van der Waals surface area contributed by atoms with Crippen molar-refractivity contribution in [3.05, 3.63) is 29.8 Å². The Kier molecular flexibility index (Phi) is 3.90. The van der Waals surface area contributed by atoms with Crippen molar-refractivity contribution in [3.63, 3.8) is 0 Å². The highest BCUT2D eigenvalue weighted by Crippen LogP contribution is 2.25. The average Bonchev–Trinajstić information content (AvgIpc) is 2.37. The molecule has 1 rings (SSSR count). The van der Waals surface area contributed by atoms with E-state index in [1.54, 1.807) is 18.9 Å². The summed E-state index contributed by atoms with van der Waals surface area (Å²) in [6.45, 7) is 5.53. The molecule has 0 saturated heterocycles. The molecule has 0 radical (unpaired) electrons. The molecule has 1 aromatic rings. The van der Waals surface area contributed by atoms with Crippen LogP contribution in [0.3, 0.4) is 0 Å². The van der Waals surface area contributed by atoms with Crippen molar-refractivity contribution in [1.82, 2.24) is 0 Å². The van der Waals surface area contributed by atoms with Gasteiger partial charge in [-0.2, -0.15) is 5.26 Å². The molecule has 0 saturated carbocycles. The highest BCUT2D eigenvalue weighted by atomic mass is 16.2. The summed E-state index contributed by atoms with van der Waals surface area (Å²) in [6.07, 6.45) is 0.512. The highest BCUT2D eigenvalue weighted by molar-refractivity contribution is 5.98. The van der Waals surface area contributed by atoms with Crippen LogP contribution in [-0.2, 0) is 4.79 Å². The third-order valence-electron chi connectivity index (χ3n) is 3.15. The maximum Gasteiger partial charge on any atom is 0.246 e. The maximum atomic E-state index is 12.2. The summed E-state index contributed by atoms with van der Waals surface area (Å²) >= 11 is 0. The molecule has 0 heterocycles. The number of benzene rings is 1. The molecule has 0 aliphatic rings. The Morgan fingerprint density at radius 1 is 1.41 bits per heavy atom. The molecule has 3 nitrogen and oxygen atoms in total. The second kappa shape index (κ2) is 5.01. The Hall–Kier alpha value is -1.82. The van der Waals surface area contributed by atoms with E-state index in [0.717, 1.165) is 11.3 Å². The van der Waals surface area contributed by atoms with E-state index in [0.29, 0.717) is 6.42 Å². The Bertz CT molecular complexity index is 444. The number of hydrogen-bond acceptors (Lipinski definition) is 2. The minimum atomic E-state index is -0.945. The van der Waals surface area contributed by atoms with Crippen molar-refractivity contribution in [2.45, 2.75) is 27.2 Å². The van der Waals surface area contributed by atoms with E-state index in [9.17, 15) is 4.79 Å². The topological polar surface area (TPSA) is 44.1 Å². The van der Waals surface area contributed by atoms with Crippen LogP contribution in [0, 0.1) is 23.7 Å². The fraction of sp³-hybridized carbons (Fsp3) is 0.429. The monoisotopic (exact) mass is 230 g/mol. The summed E-state index contributed by atoms with van der Waals surface area (Å²) in [7, 11) is 1.71. The minimum absolute atomic E-state index is 0.161. The Morgan fingerprint density at radius 3 is 2.35 bits per heavy atom. The third kappa shape index (κ3) is 2.65. The molecular weight excluding hydrogens is 212 g/mol. The van der Waals surface area contributed by atoms with Crippen molar-refractivity contribution in [3.8, 4) is 6.07 Å². The van der Waals surface area contributed by atoms with Gasteiger partial charge in [-0.1, -0.05) is 24.6 Å². The van der Waals surface area contributed by atoms with Gasteiger partial charge in [0.2, 0.25) is 5.91 Å². The number of amides is 1. The van der Waals surface area contributed by atoms with Crippen molar-refractivity contribution in [1.29, 1.82) is 5.26 Å². The molecule has 1 amide bonds. The zero-order valence-corrected chi connectivity index (χ0v) is 10.8. The molecule has 0 N–H and O–H groups in total. The molecule has 0 aromatic heterocycles. The van der Waals surface area contributed by atoms with Crippen LogP contribution in [0.5, 0.6) is 0 Å². The summed E-state index contributed by atoms with van der Waals surface area (Å²) in [5.41, 5.74) is 1.02. The van der Waals surface area contributed by atoms with Crippen molar-refractivity contribution < 1.29 is 4.79 Å². The fourth-order valence-corrected chi connectivity index (χ4v) is 1.53. The van der Waals surface area contributed by atoms with E-state index in [2.05, 4.69) is 6.07 Å². The van der Waals surface area contributed by atoms with Gasteiger partial charge in [0.25, 0.3) is 0 Å². The first-order valence-electron chi connectivity index (χ1n) is 5.70. The van der Waals surface area contributed by atoms with Gasteiger partial charge in [0.1, 0.15) is 5.41 Å². The molecule has 90 valence electrons. The molecule has 0 aliphatic heterocycles. The maximum absolute atomic E-state index is 12.2. The Morgan fingerprint density at radius 2 is 1.94 bits per heavy atom. The van der Waals surface area contributed by atoms with Crippen LogP contribution in [0.15, 0.2) is 24.3 Å². The average molecular weight is 230 g/mol. The van der Waals surface area contributed by atoms with Crippen LogP contribution in [0.1, 0.15) is 25.8 Å². The molecule has 0 fully saturated rings. The predicted octanol–water partition coefficient (Wildman–Crippen LogP) is 2.90. The van der Waals surface area contributed by atoms with Crippen LogP contribution < -0.4 is 4.90 Å². The van der Waals surface area contributed by atoms with E-state index in [1.807, 2.05) is 38.1 Å². The van der Waals surface area contributed by atoms with Crippen LogP contribution in [0.2, 0.25) is 0 Å². The Balaban J connectivity index is 2.98. The standard InChI is InChI=1S/C14H18N2O/c1-5-14(3,10-15)13(17)16(4)12-8-6-11(2)7-9-12/h6-9H,5H2,1-4H3. The molecule has 0 aliphatic carbocycles. The van der Waals surface area contributed by atoms with Gasteiger partial charge < -0.3 is 4.90 Å². The van der Waals surface area contributed by atoms with E-state index >= 15 is 0 Å². The first kappa shape index (κ1) is 13.2. The molecule has 1 aromatic carbocycles. The summed E-state index contributed by atoms with van der Waals surface area (Å²) < 4.78 is 0. The van der Waals surface area contributed by atoms with Gasteiger partial charge in [-0.05, 0) is 32.4 Å². The normalized spacial score (nSPS) is 13.6. The van der Waals surface area contributed by atoms with Crippen molar-refractivity contribution in [2.24, 2.45) is 5.41 Å². The fourth-order valence-electron chi connectivity index (χ4n) is 1.53. The number of aryl methyl sites for hydroxylation is 1. The second-order valence-corrected chi connectivity index (χ2v) is 4.50. The lowest BCUT2D eigenvalue weighted by molar-refractivity contribution is -0.124. The van der Waals surface area contributed by atoms with E-state index in [4.69, 9.17) is 5.26 Å². The Labute approximate surface area is 103 Å². The third-order valence-corrected chi connectivity index (χ3v) is 3.15. The number of rotatable bonds is 3. The van der Waals surface area contributed by atoms with Crippen LogP contribution in [0.25, 0.3) is 0 Å². The quantitative estimate of drug-likeness (QED) is 0.801. The number of carbonyl (C=O) groups is 1. The molecule has 17 heavy (non-hydrogen) atoms. The number of nitriles is 1. The van der Waals surface area contributed by atoms with Crippen LogP contribution in [-0.4, -0.2) is 13.0 Å². The highest BCUT2D eigenvalue weighted by Gasteiger charge is 2.34. The van der Waals surface area contributed by atoms with Crippen molar-refractivity contribution >= 4 is 11.6 Å². The predicted molar refractivity (Wildman–Crippen MR) is 68.6 cm³/mol. The van der Waals surface area contributed by atoms with Gasteiger partial charge in [0.05, 0.1) is 6.07 Å². The van der Waals surface area contributed by atoms with Gasteiger partial charge >= 0.3 is 0 Å². The zero-order valence-electron chi connectivity index (χ0n) is 10.8. The van der Waals surface area contributed by atoms with E-state index in [1.165, 1.54) is 0 Å². The van der Waals surface area contributed by atoms with Gasteiger partial charge in [-0.25, -0.2) is 0 Å². The summed E-state index contributed by atoms with van der Waals surface area (Å²) in [4.78, 5) is 13.8. The van der Waals surface area contributed by atoms with E-state index in [-0.39, 0.29) is 5.91 Å². The van der Waals surface area contributed by atoms with E-state index < -0.39 is 5.41 Å². The molecule has 1 atom stereocenters. The van der Waals surface area contributed by atoms with Gasteiger partial charge in [0.15, 0.2) is 0 Å². The van der Waals surface area contributed by atoms with Gasteiger partial charge in [0, 0.05) is 12.7 Å². The molecule has 0 bridgehead atoms. The SMILES string of the molecule is CCC(C)(C#N)C(=O)N(C)c1ccc(C)cc1. The van der Waals surface area contributed by atoms with Gasteiger partial charge in [-0.15, -0.1) is 0 Å². The number of nitrogens with zero attached hydrogens (tertiary/aromatic N) is 2. The number of carbonyl (C=O) groups excluding carboxylic acids is 1. The van der Waals surface area contributed by atoms with Crippen molar-refractivity contribution in [2.75, 3.05) is 11.9 Å². The lowest BCUT2D eigenvalue weighted by Gasteiger charge is -2.26. The number of anilines is 1. The van der Waals surface area contributed by atoms with Gasteiger partial charge in [-0.3, -0.25) is 4.79 Å². The lowest BCUT2D eigenvalue weighted by Crippen LogP contribution is -2.39. The van der Waals surface area contributed by atoms with Crippen LogP contribution in [0.4, 0.5) is 5.69 Å².